The highest BCUT2D eigenvalue weighted by molar-refractivity contribution is 5.03. The first-order valence-corrected chi connectivity index (χ1v) is 7.09. The minimum atomic E-state index is -0.345. The van der Waals surface area contributed by atoms with E-state index in [9.17, 15) is 5.26 Å². The molecule has 0 spiro atoms. The molecule has 1 heterocycles. The van der Waals surface area contributed by atoms with Crippen LogP contribution < -0.4 is 5.32 Å². The van der Waals surface area contributed by atoms with Crippen molar-refractivity contribution in [1.29, 1.82) is 5.26 Å². The molecule has 0 amide bonds. The molecule has 98 valence electrons. The second kappa shape index (κ2) is 7.68. The number of hydrogen-bond acceptors (Lipinski definition) is 3. The number of rotatable bonds is 6. The molecule has 3 heteroatoms. The fourth-order valence-corrected chi connectivity index (χ4v) is 2.33. The summed E-state index contributed by atoms with van der Waals surface area (Å²) in [5.41, 5.74) is -0.345. The predicted molar refractivity (Wildman–Crippen MR) is 71.8 cm³/mol. The van der Waals surface area contributed by atoms with Crippen molar-refractivity contribution in [3.05, 3.63) is 0 Å². The second-order valence-corrected chi connectivity index (χ2v) is 5.38. The van der Waals surface area contributed by atoms with Crippen LogP contribution in [0.1, 0.15) is 52.4 Å². The van der Waals surface area contributed by atoms with E-state index in [1.54, 1.807) is 0 Å². The average molecular weight is 237 g/mol. The van der Waals surface area contributed by atoms with Crippen molar-refractivity contribution >= 4 is 0 Å². The Hall–Kier alpha value is -0.590. The first-order chi connectivity index (χ1) is 8.20. The van der Waals surface area contributed by atoms with Gasteiger partial charge in [0.15, 0.2) is 0 Å². The molecule has 1 N–H and O–H groups in total. The van der Waals surface area contributed by atoms with Crippen molar-refractivity contribution < 1.29 is 0 Å². The highest BCUT2D eigenvalue weighted by atomic mass is 15.1. The van der Waals surface area contributed by atoms with Crippen LogP contribution in [0, 0.1) is 11.3 Å². The van der Waals surface area contributed by atoms with Crippen LogP contribution in [0.3, 0.4) is 0 Å². The number of nitrogens with zero attached hydrogens (tertiary/aromatic N) is 2. The van der Waals surface area contributed by atoms with E-state index in [0.717, 1.165) is 25.9 Å². The zero-order valence-electron chi connectivity index (χ0n) is 11.5. The molecular formula is C14H27N3. The molecule has 1 rings (SSSR count). The van der Waals surface area contributed by atoms with Gasteiger partial charge in [-0.05, 0) is 52.2 Å². The van der Waals surface area contributed by atoms with Crippen LogP contribution in [0.2, 0.25) is 0 Å². The van der Waals surface area contributed by atoms with E-state index >= 15 is 0 Å². The SMILES string of the molecule is CCCNC(C)(C#N)CCN1CCCCCC1. The third-order valence-electron chi connectivity index (χ3n) is 3.64. The molecule has 1 unspecified atom stereocenters. The van der Waals surface area contributed by atoms with Crippen LogP contribution in [0.4, 0.5) is 0 Å². The summed E-state index contributed by atoms with van der Waals surface area (Å²) in [6, 6.07) is 2.43. The monoisotopic (exact) mass is 237 g/mol. The standard InChI is InChI=1S/C14H27N3/c1-3-9-16-14(2,13-15)8-12-17-10-6-4-5-7-11-17/h16H,3-12H2,1-2H3. The Balaban J connectivity index is 2.32. The Labute approximate surface area is 106 Å². The Bertz CT molecular complexity index is 238. The van der Waals surface area contributed by atoms with Gasteiger partial charge in [-0.25, -0.2) is 0 Å². The van der Waals surface area contributed by atoms with Gasteiger partial charge in [0.2, 0.25) is 0 Å². The van der Waals surface area contributed by atoms with Crippen LogP contribution >= 0.6 is 0 Å². The van der Waals surface area contributed by atoms with Gasteiger partial charge in [-0.15, -0.1) is 0 Å². The van der Waals surface area contributed by atoms with Crippen LogP contribution in [0.5, 0.6) is 0 Å². The van der Waals surface area contributed by atoms with E-state index in [1.165, 1.54) is 38.8 Å². The molecule has 0 aromatic rings. The van der Waals surface area contributed by atoms with Crippen molar-refractivity contribution in [2.45, 2.75) is 57.9 Å². The van der Waals surface area contributed by atoms with E-state index in [-0.39, 0.29) is 5.54 Å². The van der Waals surface area contributed by atoms with Gasteiger partial charge < -0.3 is 4.90 Å². The van der Waals surface area contributed by atoms with Gasteiger partial charge in [0.1, 0.15) is 5.54 Å². The van der Waals surface area contributed by atoms with E-state index in [2.05, 4.69) is 23.2 Å². The van der Waals surface area contributed by atoms with Gasteiger partial charge >= 0.3 is 0 Å². The second-order valence-electron chi connectivity index (χ2n) is 5.38. The zero-order chi connectivity index (χ0) is 12.6. The van der Waals surface area contributed by atoms with Crippen LogP contribution in [0.15, 0.2) is 0 Å². The smallest absolute Gasteiger partial charge is 0.105 e. The first kappa shape index (κ1) is 14.5. The summed E-state index contributed by atoms with van der Waals surface area (Å²) in [6.45, 7) is 8.59. The summed E-state index contributed by atoms with van der Waals surface area (Å²) in [7, 11) is 0. The maximum Gasteiger partial charge on any atom is 0.105 e. The summed E-state index contributed by atoms with van der Waals surface area (Å²) in [6.07, 6.45) is 7.42. The van der Waals surface area contributed by atoms with Crippen molar-refractivity contribution in [2.75, 3.05) is 26.2 Å². The maximum atomic E-state index is 9.27. The molecule has 0 radical (unpaired) electrons. The summed E-state index contributed by atoms with van der Waals surface area (Å²) in [5.74, 6) is 0. The fourth-order valence-electron chi connectivity index (χ4n) is 2.33. The van der Waals surface area contributed by atoms with Gasteiger partial charge in [-0.1, -0.05) is 19.8 Å². The fraction of sp³-hybridized carbons (Fsp3) is 0.929. The lowest BCUT2D eigenvalue weighted by Gasteiger charge is -2.27. The third-order valence-corrected chi connectivity index (χ3v) is 3.64. The number of likely N-dealkylation sites (tertiary alicyclic amines) is 1. The van der Waals surface area contributed by atoms with E-state index in [1.807, 2.05) is 6.92 Å². The summed E-state index contributed by atoms with van der Waals surface area (Å²) < 4.78 is 0. The molecule has 1 fully saturated rings. The topological polar surface area (TPSA) is 39.1 Å². The molecule has 0 aromatic carbocycles. The van der Waals surface area contributed by atoms with Crippen molar-refractivity contribution in [2.24, 2.45) is 0 Å². The first-order valence-electron chi connectivity index (χ1n) is 7.09. The minimum Gasteiger partial charge on any atom is -0.303 e. The van der Waals surface area contributed by atoms with E-state index in [0.29, 0.717) is 0 Å². The van der Waals surface area contributed by atoms with Gasteiger partial charge in [-0.2, -0.15) is 5.26 Å². The predicted octanol–water partition coefficient (Wildman–Crippen LogP) is 2.53. The van der Waals surface area contributed by atoms with Crippen LogP contribution in [-0.2, 0) is 0 Å². The third kappa shape index (κ3) is 5.52. The normalized spacial score (nSPS) is 21.5. The number of nitriles is 1. The lowest BCUT2D eigenvalue weighted by molar-refractivity contribution is 0.253. The molecular weight excluding hydrogens is 210 g/mol. The molecule has 1 aliphatic heterocycles. The summed E-state index contributed by atoms with van der Waals surface area (Å²) >= 11 is 0. The lowest BCUT2D eigenvalue weighted by Crippen LogP contribution is -2.44. The number of hydrogen-bond donors (Lipinski definition) is 1. The van der Waals surface area contributed by atoms with Crippen LogP contribution in [-0.4, -0.2) is 36.6 Å². The Kier molecular flexibility index (Phi) is 6.54. The lowest BCUT2D eigenvalue weighted by atomic mass is 9.99. The van der Waals surface area contributed by atoms with Crippen molar-refractivity contribution in [3.63, 3.8) is 0 Å². The van der Waals surface area contributed by atoms with Gasteiger partial charge in [0.05, 0.1) is 6.07 Å². The Morgan fingerprint density at radius 2 is 1.88 bits per heavy atom. The van der Waals surface area contributed by atoms with E-state index < -0.39 is 0 Å². The Morgan fingerprint density at radius 3 is 2.41 bits per heavy atom. The quantitative estimate of drug-likeness (QED) is 0.771. The molecule has 0 aliphatic carbocycles. The molecule has 0 bridgehead atoms. The van der Waals surface area contributed by atoms with Crippen molar-refractivity contribution in [3.8, 4) is 6.07 Å². The largest absolute Gasteiger partial charge is 0.303 e. The van der Waals surface area contributed by atoms with Crippen LogP contribution in [0.25, 0.3) is 0 Å². The summed E-state index contributed by atoms with van der Waals surface area (Å²) in [4.78, 5) is 2.52. The Morgan fingerprint density at radius 1 is 1.24 bits per heavy atom. The molecule has 1 saturated heterocycles. The summed E-state index contributed by atoms with van der Waals surface area (Å²) in [5, 5.41) is 12.6. The van der Waals surface area contributed by atoms with Crippen molar-refractivity contribution in [1.82, 2.24) is 10.2 Å². The highest BCUT2D eigenvalue weighted by Crippen LogP contribution is 2.14. The van der Waals surface area contributed by atoms with Gasteiger partial charge in [0, 0.05) is 6.54 Å². The molecule has 0 saturated carbocycles. The number of nitrogens with one attached hydrogen (secondary N) is 1. The minimum absolute atomic E-state index is 0.345. The van der Waals surface area contributed by atoms with E-state index in [4.69, 9.17) is 0 Å². The molecule has 17 heavy (non-hydrogen) atoms. The molecule has 1 atom stereocenters. The van der Waals surface area contributed by atoms with Gasteiger partial charge in [0.25, 0.3) is 0 Å². The molecule has 3 nitrogen and oxygen atoms in total. The average Bonchev–Trinajstić information content (AvgIpc) is 2.62. The van der Waals surface area contributed by atoms with Gasteiger partial charge in [-0.3, -0.25) is 5.32 Å². The maximum absolute atomic E-state index is 9.27. The molecule has 1 aliphatic rings. The molecule has 0 aromatic heterocycles. The highest BCUT2D eigenvalue weighted by Gasteiger charge is 2.23. The zero-order valence-corrected chi connectivity index (χ0v) is 11.5.